The van der Waals surface area contributed by atoms with E-state index in [4.69, 9.17) is 5.73 Å². The maximum absolute atomic E-state index is 5.42. The van der Waals surface area contributed by atoms with Crippen molar-refractivity contribution in [2.45, 2.75) is 25.7 Å². The Kier molecular flexibility index (Phi) is 1.90. The summed E-state index contributed by atoms with van der Waals surface area (Å²) in [5.41, 5.74) is 6.26. The third kappa shape index (κ3) is 1.57. The molecule has 0 radical (unpaired) electrons. The molecule has 2 fully saturated rings. The second kappa shape index (κ2) is 2.76. The van der Waals surface area contributed by atoms with Crippen LogP contribution in [0, 0.1) is 5.41 Å². The van der Waals surface area contributed by atoms with Crippen LogP contribution in [0.1, 0.15) is 25.7 Å². The second-order valence-electron chi connectivity index (χ2n) is 4.21. The molecular formula is C9H18N2. The van der Waals surface area contributed by atoms with Gasteiger partial charge in [0.2, 0.25) is 0 Å². The number of nitrogens with two attached hydrogens (primary N) is 1. The standard InChI is InChI=1S/C9H18N2/c10-5-1-2-6-11-7-9(8-11)3-4-9/h1-8,10H2. The molecule has 0 aromatic heterocycles. The zero-order valence-electron chi connectivity index (χ0n) is 7.18. The van der Waals surface area contributed by atoms with Crippen LogP contribution < -0.4 is 5.73 Å². The van der Waals surface area contributed by atoms with Crippen molar-refractivity contribution in [1.82, 2.24) is 4.90 Å². The zero-order chi connectivity index (χ0) is 7.73. The molecule has 2 nitrogen and oxygen atoms in total. The lowest BCUT2D eigenvalue weighted by atomic mass is 9.97. The van der Waals surface area contributed by atoms with Crippen molar-refractivity contribution in [1.29, 1.82) is 0 Å². The topological polar surface area (TPSA) is 29.3 Å². The maximum atomic E-state index is 5.42. The lowest BCUT2D eigenvalue weighted by Gasteiger charge is -2.40. The van der Waals surface area contributed by atoms with Crippen LogP contribution in [0.5, 0.6) is 0 Å². The van der Waals surface area contributed by atoms with Gasteiger partial charge < -0.3 is 10.6 Å². The summed E-state index contributed by atoms with van der Waals surface area (Å²) in [7, 11) is 0. The first-order chi connectivity index (χ1) is 5.35. The predicted octanol–water partition coefficient (Wildman–Crippen LogP) is 0.821. The molecule has 0 amide bonds. The normalized spacial score (nSPS) is 27.0. The van der Waals surface area contributed by atoms with Gasteiger partial charge in [-0.1, -0.05) is 0 Å². The monoisotopic (exact) mass is 154 g/mol. The van der Waals surface area contributed by atoms with Gasteiger partial charge in [-0.25, -0.2) is 0 Å². The molecule has 64 valence electrons. The Bertz CT molecular complexity index is 132. The summed E-state index contributed by atoms with van der Waals surface area (Å²) in [6.07, 6.45) is 5.50. The Hall–Kier alpha value is -0.0800. The van der Waals surface area contributed by atoms with E-state index >= 15 is 0 Å². The molecule has 2 aliphatic rings. The summed E-state index contributed by atoms with van der Waals surface area (Å²) >= 11 is 0. The fourth-order valence-electron chi connectivity index (χ4n) is 2.03. The third-order valence-electron chi connectivity index (χ3n) is 3.00. The minimum absolute atomic E-state index is 0.836. The largest absolute Gasteiger partial charge is 0.330 e. The molecule has 2 N–H and O–H groups in total. The van der Waals surface area contributed by atoms with E-state index in [0.29, 0.717) is 0 Å². The highest BCUT2D eigenvalue weighted by molar-refractivity contribution is 5.04. The number of unbranched alkanes of at least 4 members (excludes halogenated alkanes) is 1. The number of likely N-dealkylation sites (tertiary alicyclic amines) is 1. The molecule has 0 aromatic carbocycles. The predicted molar refractivity (Wildman–Crippen MR) is 46.4 cm³/mol. The smallest absolute Gasteiger partial charge is 0.00505 e. The lowest BCUT2D eigenvalue weighted by molar-refractivity contribution is 0.0803. The van der Waals surface area contributed by atoms with Crippen molar-refractivity contribution in [3.8, 4) is 0 Å². The van der Waals surface area contributed by atoms with E-state index in [0.717, 1.165) is 12.0 Å². The highest BCUT2D eigenvalue weighted by atomic mass is 15.2. The highest BCUT2D eigenvalue weighted by Gasteiger charge is 2.51. The molecule has 0 bridgehead atoms. The van der Waals surface area contributed by atoms with Crippen molar-refractivity contribution < 1.29 is 0 Å². The maximum Gasteiger partial charge on any atom is 0.00505 e. The average molecular weight is 154 g/mol. The van der Waals surface area contributed by atoms with Gasteiger partial charge in [-0.2, -0.15) is 0 Å². The van der Waals surface area contributed by atoms with Gasteiger partial charge in [-0.3, -0.25) is 0 Å². The summed E-state index contributed by atoms with van der Waals surface area (Å²) in [6, 6.07) is 0. The summed E-state index contributed by atoms with van der Waals surface area (Å²) in [5, 5.41) is 0. The van der Waals surface area contributed by atoms with Gasteiger partial charge in [0.15, 0.2) is 0 Å². The Balaban J connectivity index is 1.53. The van der Waals surface area contributed by atoms with Gasteiger partial charge in [0.1, 0.15) is 0 Å². The molecule has 1 aliphatic carbocycles. The van der Waals surface area contributed by atoms with Gasteiger partial charge in [0.05, 0.1) is 0 Å². The van der Waals surface area contributed by atoms with Crippen molar-refractivity contribution in [3.63, 3.8) is 0 Å². The van der Waals surface area contributed by atoms with Crippen molar-refractivity contribution in [2.24, 2.45) is 11.1 Å². The Morgan fingerprint density at radius 3 is 2.45 bits per heavy atom. The molecule has 0 unspecified atom stereocenters. The number of hydrogen-bond acceptors (Lipinski definition) is 2. The second-order valence-corrected chi connectivity index (χ2v) is 4.21. The summed E-state index contributed by atoms with van der Waals surface area (Å²) in [6.45, 7) is 4.92. The first-order valence-corrected chi connectivity index (χ1v) is 4.77. The van der Waals surface area contributed by atoms with Crippen molar-refractivity contribution in [2.75, 3.05) is 26.2 Å². The van der Waals surface area contributed by atoms with Gasteiger partial charge >= 0.3 is 0 Å². The van der Waals surface area contributed by atoms with Crippen LogP contribution in [0.2, 0.25) is 0 Å². The molecule has 0 aromatic rings. The summed E-state index contributed by atoms with van der Waals surface area (Å²) in [4.78, 5) is 2.57. The molecule has 11 heavy (non-hydrogen) atoms. The van der Waals surface area contributed by atoms with Crippen LogP contribution in [0.25, 0.3) is 0 Å². The van der Waals surface area contributed by atoms with Crippen LogP contribution in [0.3, 0.4) is 0 Å². The minimum Gasteiger partial charge on any atom is -0.330 e. The van der Waals surface area contributed by atoms with E-state index in [1.54, 1.807) is 0 Å². The molecule has 1 aliphatic heterocycles. The molecule has 1 spiro atoms. The Morgan fingerprint density at radius 1 is 1.18 bits per heavy atom. The lowest BCUT2D eigenvalue weighted by Crippen LogP contribution is -2.48. The first kappa shape index (κ1) is 7.56. The fourth-order valence-corrected chi connectivity index (χ4v) is 2.03. The minimum atomic E-state index is 0.836. The average Bonchev–Trinajstić information content (AvgIpc) is 2.66. The fraction of sp³-hybridized carbons (Fsp3) is 1.00. The van der Waals surface area contributed by atoms with Crippen LogP contribution in [-0.2, 0) is 0 Å². The van der Waals surface area contributed by atoms with Gasteiger partial charge in [0, 0.05) is 13.1 Å². The van der Waals surface area contributed by atoms with Crippen LogP contribution in [-0.4, -0.2) is 31.1 Å². The van der Waals surface area contributed by atoms with Gasteiger partial charge in [-0.15, -0.1) is 0 Å². The molecule has 1 heterocycles. The zero-order valence-corrected chi connectivity index (χ0v) is 7.18. The molecule has 1 saturated carbocycles. The van der Waals surface area contributed by atoms with E-state index in [1.807, 2.05) is 0 Å². The van der Waals surface area contributed by atoms with E-state index < -0.39 is 0 Å². The molecule has 0 atom stereocenters. The van der Waals surface area contributed by atoms with Crippen LogP contribution >= 0.6 is 0 Å². The Morgan fingerprint density at radius 2 is 1.91 bits per heavy atom. The SMILES string of the molecule is NCCCCN1CC2(CC2)C1. The van der Waals surface area contributed by atoms with Crippen molar-refractivity contribution in [3.05, 3.63) is 0 Å². The number of nitrogens with zero attached hydrogens (tertiary/aromatic N) is 1. The molecule has 1 saturated heterocycles. The number of rotatable bonds is 4. The quantitative estimate of drug-likeness (QED) is 0.607. The van der Waals surface area contributed by atoms with Crippen LogP contribution in [0.4, 0.5) is 0 Å². The molecular weight excluding hydrogens is 136 g/mol. The van der Waals surface area contributed by atoms with Gasteiger partial charge in [0.25, 0.3) is 0 Å². The molecule has 2 rings (SSSR count). The first-order valence-electron chi connectivity index (χ1n) is 4.77. The van der Waals surface area contributed by atoms with E-state index in [9.17, 15) is 0 Å². The summed E-state index contributed by atoms with van der Waals surface area (Å²) in [5.74, 6) is 0. The molecule has 2 heteroatoms. The Labute approximate surface area is 68.7 Å². The van der Waals surface area contributed by atoms with E-state index in [1.165, 1.54) is 45.3 Å². The number of hydrogen-bond donors (Lipinski definition) is 1. The van der Waals surface area contributed by atoms with Crippen molar-refractivity contribution >= 4 is 0 Å². The highest BCUT2D eigenvalue weighted by Crippen LogP contribution is 2.52. The van der Waals surface area contributed by atoms with Gasteiger partial charge in [-0.05, 0) is 44.2 Å². The summed E-state index contributed by atoms with van der Waals surface area (Å²) < 4.78 is 0. The van der Waals surface area contributed by atoms with E-state index in [2.05, 4.69) is 4.90 Å². The third-order valence-corrected chi connectivity index (χ3v) is 3.00. The van der Waals surface area contributed by atoms with E-state index in [-0.39, 0.29) is 0 Å². The van der Waals surface area contributed by atoms with Crippen LogP contribution in [0.15, 0.2) is 0 Å².